The normalized spacial score (nSPS) is 16.8. The topological polar surface area (TPSA) is 78.7 Å². The molecule has 3 amide bonds. The van der Waals surface area contributed by atoms with Gasteiger partial charge in [-0.05, 0) is 62.7 Å². The quantitative estimate of drug-likeness (QED) is 0.832. The molecule has 0 unspecified atom stereocenters. The highest BCUT2D eigenvalue weighted by Crippen LogP contribution is 2.31. The van der Waals surface area contributed by atoms with E-state index in [2.05, 4.69) is 34.5 Å². The number of amides is 3. The maximum absolute atomic E-state index is 12.9. The second-order valence-corrected chi connectivity index (χ2v) is 7.56. The number of likely N-dealkylation sites (tertiary alicyclic amines) is 1. The van der Waals surface area contributed by atoms with Crippen molar-refractivity contribution in [3.63, 3.8) is 0 Å². The van der Waals surface area contributed by atoms with Gasteiger partial charge in [-0.25, -0.2) is 4.79 Å². The lowest BCUT2D eigenvalue weighted by molar-refractivity contribution is 0.1000. The first-order valence-electron chi connectivity index (χ1n) is 9.65. The maximum Gasteiger partial charge on any atom is 0.322 e. The van der Waals surface area contributed by atoms with Gasteiger partial charge in [-0.2, -0.15) is 0 Å². The average Bonchev–Trinajstić information content (AvgIpc) is 2.68. The van der Waals surface area contributed by atoms with Gasteiger partial charge in [0, 0.05) is 24.3 Å². The molecule has 0 saturated carbocycles. The Morgan fingerprint density at radius 2 is 1.89 bits per heavy atom. The van der Waals surface area contributed by atoms with Gasteiger partial charge in [0.2, 0.25) is 5.91 Å². The third-order valence-corrected chi connectivity index (χ3v) is 5.03. The van der Waals surface area contributed by atoms with Crippen molar-refractivity contribution in [1.29, 1.82) is 0 Å². The van der Waals surface area contributed by atoms with Crippen LogP contribution in [0.1, 0.15) is 46.8 Å². The van der Waals surface area contributed by atoms with Crippen molar-refractivity contribution in [1.82, 2.24) is 9.80 Å². The Hall–Kier alpha value is -2.86. The van der Waals surface area contributed by atoms with Crippen molar-refractivity contribution in [3.8, 4) is 0 Å². The highest BCUT2D eigenvalue weighted by atomic mass is 16.2. The third-order valence-electron chi connectivity index (χ3n) is 5.03. The molecule has 3 N–H and O–H groups in total. The van der Waals surface area contributed by atoms with Gasteiger partial charge in [-0.1, -0.05) is 30.3 Å². The molecule has 3 rings (SSSR count). The molecule has 6 heteroatoms. The van der Waals surface area contributed by atoms with E-state index in [9.17, 15) is 9.59 Å². The molecule has 1 heterocycles. The molecular formula is C22H28N4O2. The van der Waals surface area contributed by atoms with Crippen LogP contribution in [0.15, 0.2) is 48.5 Å². The molecule has 0 bridgehead atoms. The Kier molecular flexibility index (Phi) is 6.31. The second kappa shape index (κ2) is 8.89. The van der Waals surface area contributed by atoms with Crippen molar-refractivity contribution in [2.24, 2.45) is 5.73 Å². The summed E-state index contributed by atoms with van der Waals surface area (Å²) >= 11 is 0. The Balaban J connectivity index is 1.74. The van der Waals surface area contributed by atoms with E-state index in [1.807, 2.05) is 19.0 Å². The molecular weight excluding hydrogens is 352 g/mol. The number of piperidine rings is 1. The van der Waals surface area contributed by atoms with Crippen LogP contribution >= 0.6 is 0 Å². The summed E-state index contributed by atoms with van der Waals surface area (Å²) in [7, 11) is 4.10. The average molecular weight is 380 g/mol. The molecule has 1 aliphatic heterocycles. The number of rotatable bonds is 5. The lowest BCUT2D eigenvalue weighted by Crippen LogP contribution is -2.41. The fourth-order valence-electron chi connectivity index (χ4n) is 3.68. The van der Waals surface area contributed by atoms with Crippen LogP contribution in [0.5, 0.6) is 0 Å². The van der Waals surface area contributed by atoms with E-state index in [0.29, 0.717) is 17.8 Å². The summed E-state index contributed by atoms with van der Waals surface area (Å²) in [6.07, 6.45) is 3.04. The Bertz CT molecular complexity index is 833. The molecule has 0 radical (unpaired) electrons. The Morgan fingerprint density at radius 3 is 2.57 bits per heavy atom. The zero-order chi connectivity index (χ0) is 20.1. The standard InChI is InChI=1S/C22H28N4O2/c1-25(2)15-16-9-11-17(12-10-16)20-8-3-4-13-26(20)22(28)24-19-7-5-6-18(14-19)21(23)27/h5-7,9-12,14,20H,3-4,8,13,15H2,1-2H3,(H2,23,27)(H,24,28)/t20-/m1/s1. The summed E-state index contributed by atoms with van der Waals surface area (Å²) in [5.41, 5.74) is 8.70. The van der Waals surface area contributed by atoms with Crippen molar-refractivity contribution >= 4 is 17.6 Å². The summed E-state index contributed by atoms with van der Waals surface area (Å²) in [6.45, 7) is 1.61. The van der Waals surface area contributed by atoms with Gasteiger partial charge in [0.15, 0.2) is 0 Å². The monoisotopic (exact) mass is 380 g/mol. The highest BCUT2D eigenvalue weighted by molar-refractivity contribution is 5.96. The number of nitrogens with one attached hydrogen (secondary N) is 1. The number of carbonyl (C=O) groups excluding carboxylic acids is 2. The largest absolute Gasteiger partial charge is 0.366 e. The van der Waals surface area contributed by atoms with Crippen molar-refractivity contribution in [2.45, 2.75) is 31.8 Å². The number of hydrogen-bond acceptors (Lipinski definition) is 3. The predicted octanol–water partition coefficient (Wildman–Crippen LogP) is 3.61. The number of primary amides is 1. The van der Waals surface area contributed by atoms with Gasteiger partial charge >= 0.3 is 6.03 Å². The molecule has 1 fully saturated rings. The number of urea groups is 1. The van der Waals surface area contributed by atoms with Crippen LogP contribution < -0.4 is 11.1 Å². The molecule has 0 aromatic heterocycles. The van der Waals surface area contributed by atoms with Crippen molar-refractivity contribution in [3.05, 3.63) is 65.2 Å². The van der Waals surface area contributed by atoms with E-state index in [1.54, 1.807) is 24.3 Å². The molecule has 0 spiro atoms. The lowest BCUT2D eigenvalue weighted by atomic mass is 9.95. The van der Waals surface area contributed by atoms with Gasteiger partial charge in [0.05, 0.1) is 6.04 Å². The second-order valence-electron chi connectivity index (χ2n) is 7.56. The molecule has 28 heavy (non-hydrogen) atoms. The molecule has 6 nitrogen and oxygen atoms in total. The first-order valence-corrected chi connectivity index (χ1v) is 9.65. The molecule has 2 aromatic rings. The van der Waals surface area contributed by atoms with Crippen LogP contribution in [0.4, 0.5) is 10.5 Å². The van der Waals surface area contributed by atoms with Crippen LogP contribution in [0.2, 0.25) is 0 Å². The highest BCUT2D eigenvalue weighted by Gasteiger charge is 2.28. The van der Waals surface area contributed by atoms with Gasteiger partial charge in [0.25, 0.3) is 0 Å². The van der Waals surface area contributed by atoms with E-state index < -0.39 is 5.91 Å². The fraction of sp³-hybridized carbons (Fsp3) is 0.364. The molecule has 148 valence electrons. The molecule has 1 aliphatic rings. The van der Waals surface area contributed by atoms with E-state index in [0.717, 1.165) is 31.4 Å². The summed E-state index contributed by atoms with van der Waals surface area (Å²) in [6, 6.07) is 15.2. The summed E-state index contributed by atoms with van der Waals surface area (Å²) in [5.74, 6) is -0.509. The minimum Gasteiger partial charge on any atom is -0.366 e. The summed E-state index contributed by atoms with van der Waals surface area (Å²) in [5, 5.41) is 2.92. The van der Waals surface area contributed by atoms with Crippen LogP contribution in [-0.4, -0.2) is 42.4 Å². The van der Waals surface area contributed by atoms with E-state index >= 15 is 0 Å². The van der Waals surface area contributed by atoms with Gasteiger partial charge in [0.1, 0.15) is 0 Å². The first-order chi connectivity index (χ1) is 13.4. The number of anilines is 1. The zero-order valence-electron chi connectivity index (χ0n) is 16.5. The third kappa shape index (κ3) is 4.89. The number of benzene rings is 2. The van der Waals surface area contributed by atoms with Crippen molar-refractivity contribution in [2.75, 3.05) is 26.0 Å². The summed E-state index contributed by atoms with van der Waals surface area (Å²) < 4.78 is 0. The minimum atomic E-state index is -0.509. The molecule has 0 aliphatic carbocycles. The fourth-order valence-corrected chi connectivity index (χ4v) is 3.68. The van der Waals surface area contributed by atoms with Crippen LogP contribution in [-0.2, 0) is 6.54 Å². The SMILES string of the molecule is CN(C)Cc1ccc([C@H]2CCCCN2C(=O)Nc2cccc(C(N)=O)c2)cc1. The number of nitrogens with two attached hydrogens (primary N) is 1. The molecule has 1 atom stereocenters. The number of carbonyl (C=O) groups is 2. The van der Waals surface area contributed by atoms with Crippen molar-refractivity contribution < 1.29 is 9.59 Å². The van der Waals surface area contributed by atoms with E-state index in [4.69, 9.17) is 5.73 Å². The minimum absolute atomic E-state index is 0.0569. The zero-order valence-corrected chi connectivity index (χ0v) is 16.5. The van der Waals surface area contributed by atoms with Gasteiger partial charge in [-0.15, -0.1) is 0 Å². The smallest absolute Gasteiger partial charge is 0.322 e. The maximum atomic E-state index is 12.9. The Labute approximate surface area is 166 Å². The first kappa shape index (κ1) is 19.9. The summed E-state index contributed by atoms with van der Waals surface area (Å²) in [4.78, 5) is 28.3. The van der Waals surface area contributed by atoms with Crippen LogP contribution in [0.25, 0.3) is 0 Å². The predicted molar refractivity (Wildman–Crippen MR) is 111 cm³/mol. The van der Waals surface area contributed by atoms with Gasteiger partial charge in [-0.3, -0.25) is 4.79 Å². The van der Waals surface area contributed by atoms with E-state index in [1.165, 1.54) is 5.56 Å². The van der Waals surface area contributed by atoms with Crippen LogP contribution in [0, 0.1) is 0 Å². The van der Waals surface area contributed by atoms with Crippen LogP contribution in [0.3, 0.4) is 0 Å². The van der Waals surface area contributed by atoms with Gasteiger partial charge < -0.3 is 20.9 Å². The molecule has 1 saturated heterocycles. The molecule has 2 aromatic carbocycles. The number of nitrogens with zero attached hydrogens (tertiary/aromatic N) is 2. The lowest BCUT2D eigenvalue weighted by Gasteiger charge is -2.36. The number of hydrogen-bond donors (Lipinski definition) is 2. The van der Waals surface area contributed by atoms with E-state index in [-0.39, 0.29) is 12.1 Å². The Morgan fingerprint density at radius 1 is 1.14 bits per heavy atom.